The van der Waals surface area contributed by atoms with Gasteiger partial charge < -0.3 is 26.7 Å². The number of rotatable bonds is 2. The Morgan fingerprint density at radius 2 is 1.14 bits per heavy atom. The average molecular weight is 202 g/mol. The Hall–Kier alpha value is -1.67. The summed E-state index contributed by atoms with van der Waals surface area (Å²) in [4.78, 5) is 10.5. The van der Waals surface area contributed by atoms with Crippen molar-refractivity contribution in [2.45, 2.75) is 0 Å². The molecule has 80 valence electrons. The number of methoxy groups -OCH3 is 2. The van der Waals surface area contributed by atoms with Crippen LogP contribution in [-0.2, 0) is 9.47 Å². The third-order valence-corrected chi connectivity index (χ3v) is 0.923. The van der Waals surface area contributed by atoms with E-state index < -0.39 is 0 Å². The molecule has 0 atom stereocenters. The molecule has 0 spiro atoms. The summed E-state index contributed by atoms with van der Waals surface area (Å²) in [6.45, 7) is 0.389. The minimum absolute atomic E-state index is 0.0417. The van der Waals surface area contributed by atoms with Gasteiger partial charge in [0.1, 0.15) is 6.79 Å². The van der Waals surface area contributed by atoms with Crippen LogP contribution in [0.1, 0.15) is 0 Å². The summed E-state index contributed by atoms with van der Waals surface area (Å²) in [6.07, 6.45) is 0. The highest BCUT2D eigenvalue weighted by atomic mass is 16.6. The molecule has 0 aliphatic carbocycles. The third kappa shape index (κ3) is 5.91. The number of hydrogen-bond donors (Lipinski definition) is 3. The first-order valence-corrected chi connectivity index (χ1v) is 3.60. The summed E-state index contributed by atoms with van der Waals surface area (Å²) in [5.41, 5.74) is 15.4. The molecule has 1 rings (SSSR count). The van der Waals surface area contributed by atoms with Crippen molar-refractivity contribution in [2.24, 2.45) is 0 Å². The number of hydrogen-bond acceptors (Lipinski definition) is 8. The second kappa shape index (κ2) is 6.80. The van der Waals surface area contributed by atoms with Crippen LogP contribution in [0.4, 0.5) is 17.8 Å². The fraction of sp³-hybridized carbons (Fsp3) is 0.500. The van der Waals surface area contributed by atoms with Gasteiger partial charge in [-0.1, -0.05) is 0 Å². The van der Waals surface area contributed by atoms with Crippen molar-refractivity contribution in [1.82, 2.24) is 15.0 Å². The minimum atomic E-state index is 0.0417. The summed E-state index contributed by atoms with van der Waals surface area (Å²) < 4.78 is 8.94. The van der Waals surface area contributed by atoms with E-state index in [1.165, 1.54) is 0 Å². The molecule has 0 fully saturated rings. The second-order valence-corrected chi connectivity index (χ2v) is 2.11. The van der Waals surface area contributed by atoms with E-state index >= 15 is 0 Å². The van der Waals surface area contributed by atoms with Crippen LogP contribution >= 0.6 is 0 Å². The maximum atomic E-state index is 5.14. The van der Waals surface area contributed by atoms with Crippen molar-refractivity contribution in [3.8, 4) is 0 Å². The van der Waals surface area contributed by atoms with Crippen molar-refractivity contribution in [1.29, 1.82) is 0 Å². The Morgan fingerprint density at radius 3 is 1.29 bits per heavy atom. The van der Waals surface area contributed by atoms with Crippen molar-refractivity contribution in [3.63, 3.8) is 0 Å². The van der Waals surface area contributed by atoms with Gasteiger partial charge in [-0.2, -0.15) is 15.0 Å². The first-order valence-electron chi connectivity index (χ1n) is 3.60. The van der Waals surface area contributed by atoms with Gasteiger partial charge in [0.2, 0.25) is 17.8 Å². The number of nitrogens with two attached hydrogens (primary N) is 3. The van der Waals surface area contributed by atoms with Crippen LogP contribution in [0.25, 0.3) is 0 Å². The predicted octanol–water partition coefficient (Wildman–Crippen LogP) is -1.15. The molecule has 8 heteroatoms. The van der Waals surface area contributed by atoms with Gasteiger partial charge in [-0.25, -0.2) is 0 Å². The maximum absolute atomic E-state index is 5.14. The van der Waals surface area contributed by atoms with E-state index in [0.29, 0.717) is 6.79 Å². The van der Waals surface area contributed by atoms with Gasteiger partial charge in [0.05, 0.1) is 0 Å². The lowest BCUT2D eigenvalue weighted by molar-refractivity contribution is -0.00271. The molecule has 0 amide bonds. The van der Waals surface area contributed by atoms with Crippen molar-refractivity contribution < 1.29 is 9.47 Å². The molecule has 14 heavy (non-hydrogen) atoms. The monoisotopic (exact) mass is 202 g/mol. The zero-order valence-corrected chi connectivity index (χ0v) is 8.10. The van der Waals surface area contributed by atoms with Crippen LogP contribution in [0.3, 0.4) is 0 Å². The van der Waals surface area contributed by atoms with E-state index in [1.807, 2.05) is 0 Å². The molecule has 0 radical (unpaired) electrons. The zero-order valence-electron chi connectivity index (χ0n) is 8.10. The maximum Gasteiger partial charge on any atom is 0.226 e. The van der Waals surface area contributed by atoms with Gasteiger partial charge in [0, 0.05) is 14.2 Å². The lowest BCUT2D eigenvalue weighted by Crippen LogP contribution is -2.05. The van der Waals surface area contributed by atoms with Crippen molar-refractivity contribution in [2.75, 3.05) is 38.2 Å². The second-order valence-electron chi connectivity index (χ2n) is 2.11. The van der Waals surface area contributed by atoms with Gasteiger partial charge in [0.15, 0.2) is 0 Å². The number of aromatic nitrogens is 3. The van der Waals surface area contributed by atoms with Crippen LogP contribution in [0.15, 0.2) is 0 Å². The highest BCUT2D eigenvalue weighted by molar-refractivity contribution is 5.33. The van der Waals surface area contributed by atoms with Gasteiger partial charge >= 0.3 is 0 Å². The van der Waals surface area contributed by atoms with Gasteiger partial charge in [-0.3, -0.25) is 0 Å². The molecular formula is C6H14N6O2. The quantitative estimate of drug-likeness (QED) is 0.512. The largest absolute Gasteiger partial charge is 0.368 e. The Kier molecular flexibility index (Phi) is 5.99. The van der Waals surface area contributed by atoms with Gasteiger partial charge in [0.25, 0.3) is 0 Å². The fourth-order valence-electron chi connectivity index (χ4n) is 0.545. The van der Waals surface area contributed by atoms with Crippen LogP contribution < -0.4 is 17.2 Å². The van der Waals surface area contributed by atoms with Gasteiger partial charge in [-0.15, -0.1) is 0 Å². The summed E-state index contributed by atoms with van der Waals surface area (Å²) in [7, 11) is 3.17. The van der Waals surface area contributed by atoms with Crippen molar-refractivity contribution >= 4 is 17.8 Å². The summed E-state index contributed by atoms with van der Waals surface area (Å²) >= 11 is 0. The molecule has 1 aromatic rings. The molecule has 0 saturated heterocycles. The van der Waals surface area contributed by atoms with Crippen molar-refractivity contribution in [3.05, 3.63) is 0 Å². The number of nitrogens with zero attached hydrogens (tertiary/aromatic N) is 3. The third-order valence-electron chi connectivity index (χ3n) is 0.923. The summed E-state index contributed by atoms with van der Waals surface area (Å²) in [5, 5.41) is 0. The minimum Gasteiger partial charge on any atom is -0.368 e. The highest BCUT2D eigenvalue weighted by Crippen LogP contribution is 1.97. The molecule has 8 nitrogen and oxygen atoms in total. The summed E-state index contributed by atoms with van der Waals surface area (Å²) in [5.74, 6) is 0.125. The topological polar surface area (TPSA) is 135 Å². The Labute approximate surface area is 81.4 Å². The average Bonchev–Trinajstić information content (AvgIpc) is 2.03. The zero-order chi connectivity index (χ0) is 11.0. The normalized spacial score (nSPS) is 9.00. The Morgan fingerprint density at radius 1 is 0.857 bits per heavy atom. The first kappa shape index (κ1) is 12.3. The number of nitrogen functional groups attached to an aromatic ring is 3. The molecule has 0 saturated carbocycles. The fourth-order valence-corrected chi connectivity index (χ4v) is 0.545. The number of ether oxygens (including phenoxy) is 2. The molecule has 0 unspecified atom stereocenters. The standard InChI is InChI=1S/C3H6N6.C3H8O2/c4-1-7-2(5)9-3(6)8-1;1-4-3-5-2/h(H6,4,5,6,7,8,9);3H2,1-2H3. The van der Waals surface area contributed by atoms with Crippen LogP contribution in [-0.4, -0.2) is 36.0 Å². The molecule has 0 aromatic carbocycles. The van der Waals surface area contributed by atoms with E-state index in [1.54, 1.807) is 14.2 Å². The molecule has 1 heterocycles. The first-order chi connectivity index (χ1) is 6.60. The molecule has 6 N–H and O–H groups in total. The molecular weight excluding hydrogens is 188 g/mol. The smallest absolute Gasteiger partial charge is 0.226 e. The lowest BCUT2D eigenvalue weighted by Gasteiger charge is -1.93. The molecule has 0 aliphatic rings. The van der Waals surface area contributed by atoms with Gasteiger partial charge in [-0.05, 0) is 0 Å². The van der Waals surface area contributed by atoms with Crippen LogP contribution in [0.2, 0.25) is 0 Å². The Balaban J connectivity index is 0.000000292. The van der Waals surface area contributed by atoms with E-state index in [0.717, 1.165) is 0 Å². The summed E-state index contributed by atoms with van der Waals surface area (Å²) in [6, 6.07) is 0. The van der Waals surface area contributed by atoms with E-state index in [-0.39, 0.29) is 17.8 Å². The predicted molar refractivity (Wildman–Crippen MR) is 51.9 cm³/mol. The molecule has 1 aromatic heterocycles. The SMILES string of the molecule is COCOC.Nc1nc(N)nc(N)n1. The number of anilines is 3. The van der Waals surface area contributed by atoms with Crippen LogP contribution in [0, 0.1) is 0 Å². The van der Waals surface area contributed by atoms with Crippen LogP contribution in [0.5, 0.6) is 0 Å². The Bertz CT molecular complexity index is 216. The molecule has 0 bridgehead atoms. The van der Waals surface area contributed by atoms with E-state index in [4.69, 9.17) is 17.2 Å². The lowest BCUT2D eigenvalue weighted by atomic mass is 10.9. The van der Waals surface area contributed by atoms with E-state index in [2.05, 4.69) is 24.4 Å². The molecule has 0 aliphatic heterocycles. The van der Waals surface area contributed by atoms with E-state index in [9.17, 15) is 0 Å². The highest BCUT2D eigenvalue weighted by Gasteiger charge is 1.93.